The molecule has 0 atom stereocenters. The van der Waals surface area contributed by atoms with Gasteiger partial charge in [-0.15, -0.1) is 0 Å². The number of carbonyl (C=O) groups is 1. The van der Waals surface area contributed by atoms with Gasteiger partial charge in [0.2, 0.25) is 0 Å². The number of hydrogen-bond donors (Lipinski definition) is 1. The van der Waals surface area contributed by atoms with Crippen molar-refractivity contribution in [2.45, 2.75) is 6.92 Å². The maximum Gasteiger partial charge on any atom is 0.411 e. The molecular weight excluding hydrogens is 330 g/mol. The summed E-state index contributed by atoms with van der Waals surface area (Å²) in [4.78, 5) is 23.8. The number of anilines is 1. The van der Waals surface area contributed by atoms with Crippen molar-refractivity contribution in [2.75, 3.05) is 11.9 Å². The average molecular weight is 344 g/mol. The van der Waals surface area contributed by atoms with Crippen LogP contribution >= 0.6 is 11.6 Å². The maximum absolute atomic E-state index is 12.3. The summed E-state index contributed by atoms with van der Waals surface area (Å²) in [7, 11) is 0. The molecule has 0 spiro atoms. The van der Waals surface area contributed by atoms with Gasteiger partial charge in [0.25, 0.3) is 0 Å². The van der Waals surface area contributed by atoms with Gasteiger partial charge in [-0.05, 0) is 24.6 Å². The molecule has 1 heterocycles. The zero-order valence-electron chi connectivity index (χ0n) is 12.8. The number of carbonyl (C=O) groups excluding carboxylic acids is 1. The van der Waals surface area contributed by atoms with Gasteiger partial charge in [-0.25, -0.2) is 9.59 Å². The van der Waals surface area contributed by atoms with Crippen molar-refractivity contribution in [3.05, 3.63) is 64.0 Å². The normalized spacial score (nSPS) is 10.6. The number of rotatable bonds is 3. The molecule has 0 saturated carbocycles. The van der Waals surface area contributed by atoms with Crippen LogP contribution in [-0.2, 0) is 4.74 Å². The van der Waals surface area contributed by atoms with Gasteiger partial charge in [-0.1, -0.05) is 41.9 Å². The molecule has 1 amide bonds. The smallest absolute Gasteiger partial charge is 0.411 e. The Kier molecular flexibility index (Phi) is 4.53. The third-order valence-corrected chi connectivity index (χ3v) is 3.82. The first-order valence-corrected chi connectivity index (χ1v) is 7.73. The van der Waals surface area contributed by atoms with E-state index in [-0.39, 0.29) is 6.61 Å². The highest BCUT2D eigenvalue weighted by Gasteiger charge is 2.15. The van der Waals surface area contributed by atoms with E-state index in [4.69, 9.17) is 20.8 Å². The molecular formula is C18H14ClNO4. The molecule has 2 aromatic carbocycles. The van der Waals surface area contributed by atoms with Crippen molar-refractivity contribution in [3.63, 3.8) is 0 Å². The standard InChI is InChI=1S/C18H14ClNO4/c1-2-23-18(22)20-12-8-9-13-14(10-12)24-17(21)15(16(13)19)11-6-4-3-5-7-11/h3-10H,2H2,1H3,(H,20,22). The zero-order valence-corrected chi connectivity index (χ0v) is 13.6. The number of halogens is 1. The van der Waals surface area contributed by atoms with Crippen LogP contribution in [0.5, 0.6) is 0 Å². The Balaban J connectivity index is 2.08. The van der Waals surface area contributed by atoms with Crippen molar-refractivity contribution in [2.24, 2.45) is 0 Å². The maximum atomic E-state index is 12.3. The second kappa shape index (κ2) is 6.76. The summed E-state index contributed by atoms with van der Waals surface area (Å²) in [6, 6.07) is 14.0. The van der Waals surface area contributed by atoms with Crippen LogP contribution < -0.4 is 10.9 Å². The van der Waals surface area contributed by atoms with Crippen LogP contribution in [0.25, 0.3) is 22.1 Å². The molecule has 0 unspecified atom stereocenters. The number of benzene rings is 2. The molecule has 3 aromatic rings. The second-order valence-corrected chi connectivity index (χ2v) is 5.38. The van der Waals surface area contributed by atoms with E-state index in [1.165, 1.54) is 6.07 Å². The Labute approximate surface area is 142 Å². The van der Waals surface area contributed by atoms with Gasteiger partial charge < -0.3 is 9.15 Å². The largest absolute Gasteiger partial charge is 0.450 e. The quantitative estimate of drug-likeness (QED) is 0.701. The fourth-order valence-electron chi connectivity index (χ4n) is 2.38. The number of fused-ring (bicyclic) bond motifs is 1. The van der Waals surface area contributed by atoms with Crippen LogP contribution in [0.4, 0.5) is 10.5 Å². The summed E-state index contributed by atoms with van der Waals surface area (Å²) in [5.74, 6) is 0. The van der Waals surface area contributed by atoms with Crippen LogP contribution in [0, 0.1) is 0 Å². The Bertz CT molecular complexity index is 950. The number of ether oxygens (including phenoxy) is 1. The summed E-state index contributed by atoms with van der Waals surface area (Å²) in [5.41, 5.74) is 1.21. The highest BCUT2D eigenvalue weighted by Crippen LogP contribution is 2.32. The van der Waals surface area contributed by atoms with Crippen LogP contribution in [0.1, 0.15) is 6.92 Å². The van der Waals surface area contributed by atoms with Crippen molar-refractivity contribution in [1.29, 1.82) is 0 Å². The zero-order chi connectivity index (χ0) is 17.1. The summed E-state index contributed by atoms with van der Waals surface area (Å²) in [6.07, 6.45) is -0.578. The number of nitrogens with one attached hydrogen (secondary N) is 1. The Morgan fingerprint density at radius 1 is 1.21 bits per heavy atom. The highest BCUT2D eigenvalue weighted by molar-refractivity contribution is 6.38. The molecule has 1 N–H and O–H groups in total. The fraction of sp³-hybridized carbons (Fsp3) is 0.111. The molecule has 3 rings (SSSR count). The molecule has 0 fully saturated rings. The fourth-order valence-corrected chi connectivity index (χ4v) is 2.72. The molecule has 0 bridgehead atoms. The van der Waals surface area contributed by atoms with E-state index in [0.717, 1.165) is 0 Å². The van der Waals surface area contributed by atoms with Gasteiger partial charge in [0.1, 0.15) is 5.58 Å². The lowest BCUT2D eigenvalue weighted by atomic mass is 10.1. The first-order chi connectivity index (χ1) is 11.6. The van der Waals surface area contributed by atoms with Gasteiger partial charge in [0.05, 0.1) is 17.2 Å². The monoisotopic (exact) mass is 343 g/mol. The van der Waals surface area contributed by atoms with Crippen LogP contribution in [0.15, 0.2) is 57.7 Å². The van der Waals surface area contributed by atoms with E-state index in [1.807, 2.05) is 18.2 Å². The minimum absolute atomic E-state index is 0.265. The minimum atomic E-state index is -0.578. The minimum Gasteiger partial charge on any atom is -0.450 e. The number of hydrogen-bond acceptors (Lipinski definition) is 4. The summed E-state index contributed by atoms with van der Waals surface area (Å²) < 4.78 is 10.2. The highest BCUT2D eigenvalue weighted by atomic mass is 35.5. The lowest BCUT2D eigenvalue weighted by Gasteiger charge is -2.09. The Morgan fingerprint density at radius 2 is 1.96 bits per heavy atom. The topological polar surface area (TPSA) is 68.5 Å². The Morgan fingerprint density at radius 3 is 2.67 bits per heavy atom. The lowest BCUT2D eigenvalue weighted by molar-refractivity contribution is 0.168. The lowest BCUT2D eigenvalue weighted by Crippen LogP contribution is -2.13. The first kappa shape index (κ1) is 16.1. The molecule has 24 heavy (non-hydrogen) atoms. The third kappa shape index (κ3) is 3.12. The van der Waals surface area contributed by atoms with Gasteiger partial charge in [0.15, 0.2) is 0 Å². The predicted octanol–water partition coefficient (Wildman–Crippen LogP) is 4.68. The molecule has 122 valence electrons. The van der Waals surface area contributed by atoms with Crippen molar-refractivity contribution in [1.82, 2.24) is 0 Å². The summed E-state index contributed by atoms with van der Waals surface area (Å²) in [5, 5.41) is 3.46. The van der Waals surface area contributed by atoms with E-state index in [0.29, 0.717) is 32.8 Å². The van der Waals surface area contributed by atoms with Gasteiger partial charge in [0, 0.05) is 17.1 Å². The van der Waals surface area contributed by atoms with Crippen molar-refractivity contribution < 1.29 is 13.9 Å². The van der Waals surface area contributed by atoms with Gasteiger partial charge in [-0.3, -0.25) is 5.32 Å². The van der Waals surface area contributed by atoms with Crippen LogP contribution in [0.2, 0.25) is 5.02 Å². The average Bonchev–Trinajstić information content (AvgIpc) is 2.55. The van der Waals surface area contributed by atoms with E-state index >= 15 is 0 Å². The SMILES string of the molecule is CCOC(=O)Nc1ccc2c(Cl)c(-c3ccccc3)c(=O)oc2c1. The van der Waals surface area contributed by atoms with Crippen molar-refractivity contribution >= 4 is 34.4 Å². The summed E-state index contributed by atoms with van der Waals surface area (Å²) in [6.45, 7) is 1.98. The third-order valence-electron chi connectivity index (χ3n) is 3.43. The summed E-state index contributed by atoms with van der Waals surface area (Å²) >= 11 is 6.42. The molecule has 0 aliphatic heterocycles. The molecule has 6 heteroatoms. The van der Waals surface area contributed by atoms with E-state index in [2.05, 4.69) is 5.32 Å². The number of amides is 1. The molecule has 0 radical (unpaired) electrons. The second-order valence-electron chi connectivity index (χ2n) is 5.00. The molecule has 0 aliphatic carbocycles. The van der Waals surface area contributed by atoms with Crippen molar-refractivity contribution in [3.8, 4) is 11.1 Å². The molecule has 0 saturated heterocycles. The van der Waals surface area contributed by atoms with E-state index in [9.17, 15) is 9.59 Å². The van der Waals surface area contributed by atoms with Gasteiger partial charge in [-0.2, -0.15) is 0 Å². The molecule has 0 aliphatic rings. The van der Waals surface area contributed by atoms with E-state index in [1.54, 1.807) is 31.2 Å². The predicted molar refractivity (Wildman–Crippen MR) is 93.6 cm³/mol. The Hall–Kier alpha value is -2.79. The molecule has 1 aromatic heterocycles. The first-order valence-electron chi connectivity index (χ1n) is 7.35. The van der Waals surface area contributed by atoms with Crippen LogP contribution in [-0.4, -0.2) is 12.7 Å². The van der Waals surface area contributed by atoms with Crippen LogP contribution in [0.3, 0.4) is 0 Å². The van der Waals surface area contributed by atoms with E-state index < -0.39 is 11.7 Å². The molecule has 5 nitrogen and oxygen atoms in total. The van der Waals surface area contributed by atoms with Gasteiger partial charge >= 0.3 is 11.7 Å².